The Labute approximate surface area is 160 Å². The van der Waals surface area contributed by atoms with E-state index in [1.807, 2.05) is 16.9 Å². The van der Waals surface area contributed by atoms with E-state index in [2.05, 4.69) is 25.7 Å². The third kappa shape index (κ3) is 5.39. The smallest absolute Gasteiger partial charge is 0.222 e. The lowest BCUT2D eigenvalue weighted by Crippen LogP contribution is -2.30. The number of piperidine rings is 1. The van der Waals surface area contributed by atoms with Crippen LogP contribution in [0.5, 0.6) is 0 Å². The van der Waals surface area contributed by atoms with Crippen LogP contribution in [0.25, 0.3) is 0 Å². The third-order valence-corrected chi connectivity index (χ3v) is 5.39. The normalized spacial score (nSPS) is 17.5. The first-order valence-corrected chi connectivity index (χ1v) is 10.4. The first-order chi connectivity index (χ1) is 12.0. The Balaban J connectivity index is 0.00000243. The van der Waals surface area contributed by atoms with Crippen LogP contribution in [-0.2, 0) is 16.4 Å². The Morgan fingerprint density at radius 3 is 2.92 bits per heavy atom. The van der Waals surface area contributed by atoms with Gasteiger partial charge >= 0.3 is 0 Å². The molecule has 0 aromatic carbocycles. The highest BCUT2D eigenvalue weighted by Gasteiger charge is 2.25. The monoisotopic (exact) mass is 400 g/mol. The molecule has 10 heteroatoms. The van der Waals surface area contributed by atoms with Crippen molar-refractivity contribution in [3.8, 4) is 0 Å². The van der Waals surface area contributed by atoms with Gasteiger partial charge < -0.3 is 10.6 Å². The third-order valence-electron chi connectivity index (χ3n) is 4.27. The van der Waals surface area contributed by atoms with Crippen molar-refractivity contribution in [2.45, 2.75) is 36.6 Å². The fraction of sp³-hybridized carbons (Fsp3) is 0.562. The van der Waals surface area contributed by atoms with Gasteiger partial charge in [-0.15, -0.1) is 12.4 Å². The van der Waals surface area contributed by atoms with Gasteiger partial charge in [0, 0.05) is 44.2 Å². The maximum atomic E-state index is 12.1. The van der Waals surface area contributed by atoms with Crippen LogP contribution in [0, 0.1) is 0 Å². The van der Waals surface area contributed by atoms with Gasteiger partial charge in [0.05, 0.1) is 11.9 Å². The van der Waals surface area contributed by atoms with Crippen LogP contribution < -0.4 is 10.6 Å². The summed E-state index contributed by atoms with van der Waals surface area (Å²) in [7, 11) is -3.35. The topological polar surface area (TPSA) is 102 Å². The molecule has 2 aromatic rings. The molecule has 1 fully saturated rings. The Morgan fingerprint density at radius 2 is 2.27 bits per heavy atom. The predicted octanol–water partition coefficient (Wildman–Crippen LogP) is 1.47. The molecule has 8 nitrogen and oxygen atoms in total. The number of hydrogen-bond acceptors (Lipinski definition) is 7. The van der Waals surface area contributed by atoms with Crippen molar-refractivity contribution in [3.63, 3.8) is 0 Å². The van der Waals surface area contributed by atoms with E-state index in [-0.39, 0.29) is 23.2 Å². The van der Waals surface area contributed by atoms with E-state index in [4.69, 9.17) is 0 Å². The van der Waals surface area contributed by atoms with E-state index in [0.29, 0.717) is 18.2 Å². The number of nitrogens with one attached hydrogen (secondary N) is 2. The molecule has 1 atom stereocenters. The minimum Gasteiger partial charge on any atom is -0.354 e. The summed E-state index contributed by atoms with van der Waals surface area (Å²) in [5, 5.41) is 10.7. The maximum Gasteiger partial charge on any atom is 0.222 e. The highest BCUT2D eigenvalue weighted by Crippen LogP contribution is 2.27. The van der Waals surface area contributed by atoms with Gasteiger partial charge in [-0.25, -0.2) is 18.4 Å². The number of rotatable bonds is 7. The van der Waals surface area contributed by atoms with Crippen molar-refractivity contribution < 1.29 is 8.42 Å². The molecular formula is C16H25ClN6O2S. The standard InChI is InChI=1S/C16H24N6O2S.ClH/c1-25(23,24)14-12-19-16(18-7-3-9-22-10-4-8-20-22)21-15(14)13-5-2-6-17-11-13;/h4,8,10,12-13,17H,2-3,5-7,9,11H2,1H3,(H,18,19,21);1H. The van der Waals surface area contributed by atoms with Crippen molar-refractivity contribution in [2.75, 3.05) is 31.2 Å². The summed E-state index contributed by atoms with van der Waals surface area (Å²) in [5.74, 6) is 0.583. The second-order valence-corrected chi connectivity index (χ2v) is 8.29. The number of aryl methyl sites for hydroxylation is 1. The zero-order valence-electron chi connectivity index (χ0n) is 14.8. The molecule has 1 unspecified atom stereocenters. The summed E-state index contributed by atoms with van der Waals surface area (Å²) in [4.78, 5) is 8.96. The first kappa shape index (κ1) is 20.6. The molecule has 0 bridgehead atoms. The number of nitrogens with zero attached hydrogens (tertiary/aromatic N) is 4. The summed E-state index contributed by atoms with van der Waals surface area (Å²) < 4.78 is 26.0. The van der Waals surface area contributed by atoms with Crippen LogP contribution in [0.2, 0.25) is 0 Å². The molecule has 1 aliphatic rings. The Hall–Kier alpha value is -1.71. The maximum absolute atomic E-state index is 12.1. The van der Waals surface area contributed by atoms with Gasteiger partial charge in [-0.2, -0.15) is 5.10 Å². The fourth-order valence-corrected chi connectivity index (χ4v) is 3.84. The number of hydrogen-bond donors (Lipinski definition) is 2. The lowest BCUT2D eigenvalue weighted by Gasteiger charge is -2.24. The molecule has 0 amide bonds. The molecule has 0 saturated carbocycles. The molecular weight excluding hydrogens is 376 g/mol. The molecule has 0 aliphatic carbocycles. The van der Waals surface area contributed by atoms with Crippen molar-refractivity contribution in [3.05, 3.63) is 30.4 Å². The Kier molecular flexibility index (Phi) is 7.36. The van der Waals surface area contributed by atoms with E-state index in [1.54, 1.807) is 6.20 Å². The zero-order valence-corrected chi connectivity index (χ0v) is 16.4. The van der Waals surface area contributed by atoms with Gasteiger partial charge in [-0.3, -0.25) is 4.68 Å². The molecule has 144 valence electrons. The highest BCUT2D eigenvalue weighted by molar-refractivity contribution is 7.90. The lowest BCUT2D eigenvalue weighted by molar-refractivity contribution is 0.448. The summed E-state index contributed by atoms with van der Waals surface area (Å²) in [6, 6.07) is 1.89. The van der Waals surface area contributed by atoms with E-state index in [9.17, 15) is 8.42 Å². The van der Waals surface area contributed by atoms with Crippen molar-refractivity contribution >= 4 is 28.2 Å². The van der Waals surface area contributed by atoms with E-state index < -0.39 is 9.84 Å². The number of sulfone groups is 1. The zero-order chi connectivity index (χ0) is 17.7. The Bertz CT molecular complexity index is 791. The fourth-order valence-electron chi connectivity index (χ4n) is 3.01. The summed E-state index contributed by atoms with van der Waals surface area (Å²) in [6.45, 7) is 3.22. The Morgan fingerprint density at radius 1 is 1.42 bits per heavy atom. The summed E-state index contributed by atoms with van der Waals surface area (Å²) >= 11 is 0. The van der Waals surface area contributed by atoms with Crippen LogP contribution in [0.3, 0.4) is 0 Å². The van der Waals surface area contributed by atoms with Gasteiger partial charge in [0.15, 0.2) is 9.84 Å². The quantitative estimate of drug-likeness (QED) is 0.678. The second kappa shape index (κ2) is 9.29. The minimum absolute atomic E-state index is 0. The predicted molar refractivity (Wildman–Crippen MR) is 103 cm³/mol. The average molecular weight is 401 g/mol. The molecule has 1 saturated heterocycles. The van der Waals surface area contributed by atoms with Crippen LogP contribution in [0.1, 0.15) is 30.9 Å². The number of aromatic nitrogens is 4. The molecule has 2 aromatic heterocycles. The molecule has 26 heavy (non-hydrogen) atoms. The molecule has 3 rings (SSSR count). The summed E-state index contributed by atoms with van der Waals surface area (Å²) in [6.07, 6.45) is 9.15. The molecule has 2 N–H and O–H groups in total. The molecule has 1 aliphatic heterocycles. The SMILES string of the molecule is CS(=O)(=O)c1cnc(NCCCn2cccn2)nc1C1CCCNC1.Cl. The van der Waals surface area contributed by atoms with Crippen LogP contribution in [0.4, 0.5) is 5.95 Å². The average Bonchev–Trinajstić information content (AvgIpc) is 3.12. The van der Waals surface area contributed by atoms with Gasteiger partial charge in [0.25, 0.3) is 0 Å². The van der Waals surface area contributed by atoms with Crippen LogP contribution >= 0.6 is 12.4 Å². The van der Waals surface area contributed by atoms with Crippen LogP contribution in [0.15, 0.2) is 29.6 Å². The number of halogens is 1. The van der Waals surface area contributed by atoms with Gasteiger partial charge in [0.1, 0.15) is 4.90 Å². The first-order valence-electron chi connectivity index (χ1n) is 8.53. The molecule has 0 radical (unpaired) electrons. The molecule has 0 spiro atoms. The van der Waals surface area contributed by atoms with E-state index in [1.165, 1.54) is 12.5 Å². The summed E-state index contributed by atoms with van der Waals surface area (Å²) in [5.41, 5.74) is 0.624. The van der Waals surface area contributed by atoms with E-state index in [0.717, 1.165) is 38.9 Å². The molecule has 3 heterocycles. The minimum atomic E-state index is -3.35. The van der Waals surface area contributed by atoms with E-state index >= 15 is 0 Å². The largest absolute Gasteiger partial charge is 0.354 e. The van der Waals surface area contributed by atoms with Gasteiger partial charge in [-0.05, 0) is 31.9 Å². The van der Waals surface area contributed by atoms with Gasteiger partial charge in [0.2, 0.25) is 5.95 Å². The van der Waals surface area contributed by atoms with Gasteiger partial charge in [-0.1, -0.05) is 0 Å². The number of anilines is 1. The van der Waals surface area contributed by atoms with Crippen LogP contribution in [-0.4, -0.2) is 54.1 Å². The second-order valence-electron chi connectivity index (χ2n) is 6.31. The van der Waals surface area contributed by atoms with Crippen molar-refractivity contribution in [1.82, 2.24) is 25.1 Å². The van der Waals surface area contributed by atoms with Crippen molar-refractivity contribution in [1.29, 1.82) is 0 Å². The highest BCUT2D eigenvalue weighted by atomic mass is 35.5. The van der Waals surface area contributed by atoms with Crippen molar-refractivity contribution in [2.24, 2.45) is 0 Å². The lowest BCUT2D eigenvalue weighted by atomic mass is 9.96.